The molecule has 9 nitrogen and oxygen atoms in total. The molecule has 0 radical (unpaired) electrons. The molecule has 1 N–H and O–H groups in total. The van der Waals surface area contributed by atoms with E-state index < -0.39 is 28.5 Å². The molecule has 0 aromatic heterocycles. The Labute approximate surface area is 235 Å². The Morgan fingerprint density at radius 2 is 1.60 bits per heavy atom. The molecule has 0 saturated carbocycles. The molecule has 3 aromatic rings. The zero-order valence-corrected chi connectivity index (χ0v) is 24.0. The highest BCUT2D eigenvalue weighted by atomic mass is 32.2. The van der Waals surface area contributed by atoms with E-state index in [-0.39, 0.29) is 29.1 Å². The van der Waals surface area contributed by atoms with Crippen LogP contribution in [0.2, 0.25) is 0 Å². The predicted molar refractivity (Wildman–Crippen MR) is 153 cm³/mol. The lowest BCUT2D eigenvalue weighted by Gasteiger charge is -2.32. The van der Waals surface area contributed by atoms with Crippen LogP contribution in [0.25, 0.3) is 0 Å². The third-order valence-electron chi connectivity index (χ3n) is 6.46. The van der Waals surface area contributed by atoms with Gasteiger partial charge in [0.2, 0.25) is 11.8 Å². The molecule has 40 heavy (non-hydrogen) atoms. The summed E-state index contributed by atoms with van der Waals surface area (Å²) >= 11 is 0. The summed E-state index contributed by atoms with van der Waals surface area (Å²) in [5, 5.41) is 2.86. The van der Waals surface area contributed by atoms with E-state index in [4.69, 9.17) is 9.47 Å². The van der Waals surface area contributed by atoms with Crippen molar-refractivity contribution < 1.29 is 27.5 Å². The summed E-state index contributed by atoms with van der Waals surface area (Å²) in [6.07, 6.45) is 0. The number of amides is 2. The Balaban J connectivity index is 1.73. The van der Waals surface area contributed by atoms with Crippen molar-refractivity contribution in [2.24, 2.45) is 0 Å². The van der Waals surface area contributed by atoms with E-state index in [9.17, 15) is 18.0 Å². The average Bonchev–Trinajstić information content (AvgIpc) is 2.94. The van der Waals surface area contributed by atoms with Crippen LogP contribution in [0.15, 0.2) is 77.7 Å². The van der Waals surface area contributed by atoms with Gasteiger partial charge in [-0.25, -0.2) is 8.42 Å². The highest BCUT2D eigenvalue weighted by Gasteiger charge is 2.33. The van der Waals surface area contributed by atoms with Crippen molar-refractivity contribution in [2.45, 2.75) is 51.2 Å². The van der Waals surface area contributed by atoms with Crippen LogP contribution >= 0.6 is 0 Å². The number of hydrogen-bond donors (Lipinski definition) is 1. The van der Waals surface area contributed by atoms with E-state index in [1.165, 1.54) is 17.0 Å². The molecule has 1 heterocycles. The van der Waals surface area contributed by atoms with Crippen LogP contribution in [0.4, 0.5) is 5.69 Å². The molecule has 1 aliphatic heterocycles. The maximum absolute atomic E-state index is 14.0. The number of carbonyl (C=O) groups is 2. The normalized spacial score (nSPS) is 13.4. The molecule has 1 unspecified atom stereocenters. The Kier molecular flexibility index (Phi) is 8.99. The molecule has 212 valence electrons. The van der Waals surface area contributed by atoms with Gasteiger partial charge < -0.3 is 19.7 Å². The lowest BCUT2D eigenvalue weighted by atomic mass is 10.1. The van der Waals surface area contributed by atoms with E-state index in [1.54, 1.807) is 43.3 Å². The number of carbonyl (C=O) groups excluding carboxylic acids is 2. The molecule has 0 bridgehead atoms. The van der Waals surface area contributed by atoms with Gasteiger partial charge in [0.15, 0.2) is 11.5 Å². The molecule has 0 fully saturated rings. The first kappa shape index (κ1) is 28.9. The second kappa shape index (κ2) is 12.4. The number of rotatable bonds is 10. The maximum Gasteiger partial charge on any atom is 0.264 e. The fraction of sp³-hybridized carbons (Fsp3) is 0.333. The van der Waals surface area contributed by atoms with Gasteiger partial charge in [0, 0.05) is 18.7 Å². The van der Waals surface area contributed by atoms with Gasteiger partial charge in [0.1, 0.15) is 25.8 Å². The molecule has 1 aliphatic rings. The fourth-order valence-corrected chi connectivity index (χ4v) is 5.86. The number of nitrogens with zero attached hydrogens (tertiary/aromatic N) is 2. The van der Waals surface area contributed by atoms with E-state index in [1.807, 2.05) is 45.0 Å². The highest BCUT2D eigenvalue weighted by molar-refractivity contribution is 7.92. The molecule has 0 spiro atoms. The van der Waals surface area contributed by atoms with Crippen LogP contribution in [0.5, 0.6) is 11.5 Å². The summed E-state index contributed by atoms with van der Waals surface area (Å²) < 4.78 is 40.2. The van der Waals surface area contributed by atoms with E-state index in [0.29, 0.717) is 24.7 Å². The summed E-state index contributed by atoms with van der Waals surface area (Å²) in [6, 6.07) is 19.4. The van der Waals surface area contributed by atoms with Gasteiger partial charge in [-0.3, -0.25) is 13.9 Å². The first-order valence-electron chi connectivity index (χ1n) is 13.2. The minimum absolute atomic E-state index is 0.0357. The van der Waals surface area contributed by atoms with Gasteiger partial charge in [0.25, 0.3) is 10.0 Å². The standard InChI is InChI=1S/C30H35N3O6S/c1-21(2)31-30(35)23(4)32(19-24-10-8-9-22(3)17-24)29(34)20-33(40(36,37)26-11-6-5-7-12-26)25-13-14-27-28(18-25)39-16-15-38-27/h5-14,17-18,21,23H,15-16,19-20H2,1-4H3,(H,31,35). The Bertz CT molecular complexity index is 1460. The number of aryl methyl sites for hydroxylation is 1. The lowest BCUT2D eigenvalue weighted by Crippen LogP contribution is -2.52. The number of nitrogens with one attached hydrogen (secondary N) is 1. The zero-order valence-electron chi connectivity index (χ0n) is 23.2. The summed E-state index contributed by atoms with van der Waals surface area (Å²) in [7, 11) is -4.16. The summed E-state index contributed by atoms with van der Waals surface area (Å²) in [5.41, 5.74) is 2.08. The predicted octanol–water partition coefficient (Wildman–Crippen LogP) is 3.90. The van der Waals surface area contributed by atoms with E-state index in [0.717, 1.165) is 15.4 Å². The summed E-state index contributed by atoms with van der Waals surface area (Å²) in [5.74, 6) is 0.0410. The number of sulfonamides is 1. The minimum Gasteiger partial charge on any atom is -0.486 e. The third kappa shape index (κ3) is 6.74. The maximum atomic E-state index is 14.0. The van der Waals surface area contributed by atoms with Crippen molar-refractivity contribution in [3.05, 3.63) is 83.9 Å². The molecule has 4 rings (SSSR count). The third-order valence-corrected chi connectivity index (χ3v) is 8.25. The van der Waals surface area contributed by atoms with Crippen LogP contribution in [0.3, 0.4) is 0 Å². The van der Waals surface area contributed by atoms with Gasteiger partial charge in [-0.1, -0.05) is 48.0 Å². The molecule has 2 amide bonds. The largest absolute Gasteiger partial charge is 0.486 e. The second-order valence-electron chi connectivity index (χ2n) is 10.0. The molecule has 10 heteroatoms. The average molecular weight is 566 g/mol. The number of fused-ring (bicyclic) bond motifs is 1. The fourth-order valence-electron chi connectivity index (χ4n) is 4.43. The first-order chi connectivity index (χ1) is 19.1. The Hall–Kier alpha value is -4.05. The highest BCUT2D eigenvalue weighted by Crippen LogP contribution is 2.36. The topological polar surface area (TPSA) is 105 Å². The van der Waals surface area contributed by atoms with Crippen LogP contribution < -0.4 is 19.1 Å². The van der Waals surface area contributed by atoms with Gasteiger partial charge in [-0.15, -0.1) is 0 Å². The lowest BCUT2D eigenvalue weighted by molar-refractivity contribution is -0.139. The quantitative estimate of drug-likeness (QED) is 0.400. The SMILES string of the molecule is Cc1cccc(CN(C(=O)CN(c2ccc3c(c2)OCCO3)S(=O)(=O)c2ccccc2)C(C)C(=O)NC(C)C)c1. The van der Waals surface area contributed by atoms with Crippen LogP contribution in [-0.2, 0) is 26.2 Å². The number of ether oxygens (including phenoxy) is 2. The van der Waals surface area contributed by atoms with Crippen molar-refractivity contribution in [3.63, 3.8) is 0 Å². The van der Waals surface area contributed by atoms with Gasteiger partial charge in [-0.05, 0) is 57.5 Å². The minimum atomic E-state index is -4.16. The second-order valence-corrected chi connectivity index (χ2v) is 11.9. The van der Waals surface area contributed by atoms with Crippen molar-refractivity contribution in [2.75, 3.05) is 24.1 Å². The molecule has 3 aromatic carbocycles. The van der Waals surface area contributed by atoms with E-state index >= 15 is 0 Å². The number of hydrogen-bond acceptors (Lipinski definition) is 6. The van der Waals surface area contributed by atoms with Crippen LogP contribution in [0, 0.1) is 6.92 Å². The van der Waals surface area contributed by atoms with E-state index in [2.05, 4.69) is 5.32 Å². The van der Waals surface area contributed by atoms with Gasteiger partial charge in [0.05, 0.1) is 10.6 Å². The van der Waals surface area contributed by atoms with Gasteiger partial charge in [-0.2, -0.15) is 0 Å². The summed E-state index contributed by atoms with van der Waals surface area (Å²) in [6.45, 7) is 7.59. The van der Waals surface area contributed by atoms with Crippen molar-refractivity contribution in [1.29, 1.82) is 0 Å². The van der Waals surface area contributed by atoms with Crippen molar-refractivity contribution >= 4 is 27.5 Å². The van der Waals surface area contributed by atoms with Crippen LogP contribution in [-0.4, -0.2) is 57.0 Å². The molecular formula is C30H35N3O6S. The van der Waals surface area contributed by atoms with Gasteiger partial charge >= 0.3 is 0 Å². The Morgan fingerprint density at radius 1 is 0.900 bits per heavy atom. The number of benzene rings is 3. The molecular weight excluding hydrogens is 530 g/mol. The van der Waals surface area contributed by atoms with Crippen molar-refractivity contribution in [1.82, 2.24) is 10.2 Å². The smallest absolute Gasteiger partial charge is 0.264 e. The Morgan fingerprint density at radius 3 is 2.27 bits per heavy atom. The monoisotopic (exact) mass is 565 g/mol. The molecule has 0 saturated heterocycles. The summed E-state index contributed by atoms with van der Waals surface area (Å²) in [4.78, 5) is 28.5. The molecule has 0 aliphatic carbocycles. The molecule has 1 atom stereocenters. The van der Waals surface area contributed by atoms with Crippen molar-refractivity contribution in [3.8, 4) is 11.5 Å². The van der Waals surface area contributed by atoms with Crippen LogP contribution in [0.1, 0.15) is 31.9 Å². The first-order valence-corrected chi connectivity index (χ1v) is 14.6. The number of anilines is 1. The zero-order chi connectivity index (χ0) is 28.9.